The fraction of sp³-hybridized carbons (Fsp3) is 0.750. The Labute approximate surface area is 66.0 Å². The first-order chi connectivity index (χ1) is 4.27. The van der Waals surface area contributed by atoms with Gasteiger partial charge in [-0.25, -0.2) is 0 Å². The molecule has 1 N–H and O–H groups in total. The van der Waals surface area contributed by atoms with Gasteiger partial charge in [-0.05, 0) is 19.6 Å². The highest BCUT2D eigenvalue weighted by Crippen LogP contribution is 2.43. The van der Waals surface area contributed by atoms with Gasteiger partial charge in [0.25, 0.3) is 0 Å². The zero-order chi connectivity index (χ0) is 7.11. The summed E-state index contributed by atoms with van der Waals surface area (Å²) in [5.74, 6) is -0.683. The van der Waals surface area contributed by atoms with Gasteiger partial charge < -0.3 is 5.11 Å². The molecule has 0 amide bonds. The fourth-order valence-electron chi connectivity index (χ4n) is 0.375. The maximum absolute atomic E-state index is 9.96. The van der Waals surface area contributed by atoms with Crippen LogP contribution in [0.15, 0.2) is 0 Å². The van der Waals surface area contributed by atoms with E-state index in [1.54, 1.807) is 0 Å². The molecule has 54 valence electrons. The summed E-state index contributed by atoms with van der Waals surface area (Å²) in [5, 5.41) is 8.21. The Morgan fingerprint density at radius 3 is 2.78 bits per heavy atom. The van der Waals surface area contributed by atoms with Crippen molar-refractivity contribution in [1.82, 2.24) is 0 Å². The minimum absolute atomic E-state index is 0.324. The average molecular weight is 231 g/mol. The maximum Gasteiger partial charge on any atom is 0.303 e. The largest absolute Gasteiger partial charge is 0.481 e. The average Bonchev–Trinajstić information content (AvgIpc) is 1.80. The number of aliphatic carboxylic acids is 1. The highest BCUT2D eigenvalue weighted by atomic mass is 79.9. The molecule has 0 saturated heterocycles. The van der Waals surface area contributed by atoms with Crippen molar-refractivity contribution in [3.63, 3.8) is 0 Å². The Kier molecular flexibility index (Phi) is 7.55. The van der Waals surface area contributed by atoms with Crippen molar-refractivity contribution in [3.05, 3.63) is 0 Å². The molecule has 0 fully saturated rings. The Morgan fingerprint density at radius 1 is 1.67 bits per heavy atom. The molecule has 0 aliphatic carbocycles. The Balaban J connectivity index is 2.83. The van der Waals surface area contributed by atoms with E-state index in [9.17, 15) is 4.79 Å². The van der Waals surface area contributed by atoms with Crippen molar-refractivity contribution in [2.24, 2.45) is 0 Å². The van der Waals surface area contributed by atoms with Gasteiger partial charge in [-0.2, -0.15) is 0 Å². The fourth-order valence-corrected chi connectivity index (χ4v) is 3.42. The number of halogens is 1. The van der Waals surface area contributed by atoms with Crippen LogP contribution in [0.4, 0.5) is 0 Å². The summed E-state index contributed by atoms with van der Waals surface area (Å²) in [7, 11) is 0.896. The van der Waals surface area contributed by atoms with E-state index in [4.69, 9.17) is 5.11 Å². The number of carbonyl (C=O) groups is 1. The number of carboxylic acid groups (broad SMARTS) is 1. The van der Waals surface area contributed by atoms with Gasteiger partial charge in [-0.15, -0.1) is 0 Å². The third kappa shape index (κ3) is 8.81. The van der Waals surface area contributed by atoms with Crippen LogP contribution >= 0.6 is 30.7 Å². The van der Waals surface area contributed by atoms with Crippen molar-refractivity contribution in [1.29, 1.82) is 0 Å². The molecule has 0 aromatic heterocycles. The second kappa shape index (κ2) is 6.92. The predicted octanol–water partition coefficient (Wildman–Crippen LogP) is 2.43. The van der Waals surface area contributed by atoms with Crippen LogP contribution in [-0.4, -0.2) is 17.2 Å². The Bertz CT molecular complexity index is 88.6. The molecule has 2 atom stereocenters. The van der Waals surface area contributed by atoms with E-state index in [0.717, 1.165) is 27.8 Å². The molecule has 2 nitrogen and oxygen atoms in total. The summed E-state index contributed by atoms with van der Waals surface area (Å²) in [6.07, 6.45) is 2.20. The van der Waals surface area contributed by atoms with Crippen LogP contribution in [0.2, 0.25) is 0 Å². The monoisotopic (exact) mass is 230 g/mol. The van der Waals surface area contributed by atoms with Gasteiger partial charge in [0, 0.05) is 6.42 Å². The smallest absolute Gasteiger partial charge is 0.303 e. The van der Waals surface area contributed by atoms with Gasteiger partial charge in [0.15, 0.2) is 0 Å². The van der Waals surface area contributed by atoms with Gasteiger partial charge in [0.2, 0.25) is 0 Å². The summed E-state index contributed by atoms with van der Waals surface area (Å²) >= 11 is 3.31. The molecule has 9 heavy (non-hydrogen) atoms. The third-order valence-corrected chi connectivity index (χ3v) is 5.17. The van der Waals surface area contributed by atoms with Gasteiger partial charge in [-0.3, -0.25) is 4.79 Å². The Hall–Kier alpha value is 0.810. The zero-order valence-electron chi connectivity index (χ0n) is 4.85. The summed E-state index contributed by atoms with van der Waals surface area (Å²) in [4.78, 5) is 9.96. The minimum atomic E-state index is -0.683. The van der Waals surface area contributed by atoms with Crippen LogP contribution in [0.5, 0.6) is 0 Å². The van der Waals surface area contributed by atoms with E-state index < -0.39 is 5.97 Å². The molecular weight excluding hydrogens is 222 g/mol. The number of hydrogen-bond donors (Lipinski definition) is 1. The molecule has 0 spiro atoms. The standard InChI is InChI=1S/C4H9BrO2P2/c5-9-8-3-1-2-4(6)7/h8-9H,1-3H2,(H,6,7). The number of rotatable bonds is 5. The molecule has 0 radical (unpaired) electrons. The molecule has 0 aromatic carbocycles. The van der Waals surface area contributed by atoms with Crippen LogP contribution in [0.25, 0.3) is 0 Å². The summed E-state index contributed by atoms with van der Waals surface area (Å²) in [5.41, 5.74) is 0. The second-order valence-electron chi connectivity index (χ2n) is 1.52. The van der Waals surface area contributed by atoms with Crippen LogP contribution < -0.4 is 0 Å². The predicted molar refractivity (Wildman–Crippen MR) is 47.3 cm³/mol. The van der Waals surface area contributed by atoms with Crippen molar-refractivity contribution < 1.29 is 9.90 Å². The van der Waals surface area contributed by atoms with Crippen molar-refractivity contribution in [2.45, 2.75) is 12.8 Å². The first kappa shape index (κ1) is 9.81. The molecular formula is C4H9BrO2P2. The molecule has 0 aliphatic heterocycles. The van der Waals surface area contributed by atoms with Crippen molar-refractivity contribution in [3.8, 4) is 0 Å². The minimum Gasteiger partial charge on any atom is -0.481 e. The van der Waals surface area contributed by atoms with Crippen LogP contribution in [-0.2, 0) is 4.79 Å². The van der Waals surface area contributed by atoms with Gasteiger partial charge >= 0.3 is 5.97 Å². The van der Waals surface area contributed by atoms with E-state index in [0.29, 0.717) is 6.42 Å². The highest BCUT2D eigenvalue weighted by molar-refractivity contribution is 9.41. The molecule has 0 aromatic rings. The lowest BCUT2D eigenvalue weighted by Crippen LogP contribution is -1.93. The molecule has 0 heterocycles. The Morgan fingerprint density at radius 2 is 2.33 bits per heavy atom. The summed E-state index contributed by atoms with van der Waals surface area (Å²) in [6, 6.07) is 0. The zero-order valence-corrected chi connectivity index (χ0v) is 8.44. The molecule has 0 saturated carbocycles. The van der Waals surface area contributed by atoms with Gasteiger partial charge in [-0.1, -0.05) is 23.8 Å². The first-order valence-electron chi connectivity index (χ1n) is 2.57. The number of hydrogen-bond acceptors (Lipinski definition) is 1. The summed E-state index contributed by atoms with van der Waals surface area (Å²) < 4.78 is 0. The lowest BCUT2D eigenvalue weighted by atomic mass is 10.3. The summed E-state index contributed by atoms with van der Waals surface area (Å²) in [6.45, 7) is 0.809. The topological polar surface area (TPSA) is 37.3 Å². The van der Waals surface area contributed by atoms with Crippen LogP contribution in [0, 0.1) is 0 Å². The third-order valence-electron chi connectivity index (χ3n) is 0.759. The van der Waals surface area contributed by atoms with E-state index in [1.165, 1.54) is 0 Å². The molecule has 5 heteroatoms. The SMILES string of the molecule is O=C(O)CCCPPBr. The molecule has 0 rings (SSSR count). The normalized spacial score (nSPS) is 12.1. The van der Waals surface area contributed by atoms with Crippen LogP contribution in [0.1, 0.15) is 12.8 Å². The van der Waals surface area contributed by atoms with E-state index in [-0.39, 0.29) is 0 Å². The molecule has 0 aliphatic rings. The van der Waals surface area contributed by atoms with Crippen molar-refractivity contribution in [2.75, 3.05) is 6.16 Å². The number of carboxylic acids is 1. The lowest BCUT2D eigenvalue weighted by Gasteiger charge is -1.92. The first-order valence-corrected chi connectivity index (χ1v) is 8.04. The van der Waals surface area contributed by atoms with Gasteiger partial charge in [0.1, 0.15) is 0 Å². The maximum atomic E-state index is 9.96. The highest BCUT2D eigenvalue weighted by Gasteiger charge is 1.94. The van der Waals surface area contributed by atoms with E-state index in [2.05, 4.69) is 15.5 Å². The van der Waals surface area contributed by atoms with Crippen LogP contribution in [0.3, 0.4) is 0 Å². The lowest BCUT2D eigenvalue weighted by molar-refractivity contribution is -0.137. The quantitative estimate of drug-likeness (QED) is 0.582. The van der Waals surface area contributed by atoms with Gasteiger partial charge in [0.05, 0.1) is 0 Å². The molecule has 0 bridgehead atoms. The van der Waals surface area contributed by atoms with E-state index >= 15 is 0 Å². The van der Waals surface area contributed by atoms with Crippen molar-refractivity contribution >= 4 is 36.7 Å². The van der Waals surface area contributed by atoms with E-state index in [1.807, 2.05) is 0 Å². The second-order valence-corrected chi connectivity index (χ2v) is 7.76. The molecule has 2 unspecified atom stereocenters.